The molecule has 2 aromatic heterocycles. The molecule has 162 valence electrons. The summed E-state index contributed by atoms with van der Waals surface area (Å²) < 4.78 is 5.28. The molecule has 2 amide bonds. The van der Waals surface area contributed by atoms with Crippen molar-refractivity contribution in [1.82, 2.24) is 5.32 Å². The fraction of sp³-hybridized carbons (Fsp3) is 0.500. The van der Waals surface area contributed by atoms with Crippen molar-refractivity contribution in [2.45, 2.75) is 59.4 Å². The second kappa shape index (κ2) is 9.04. The Balaban J connectivity index is 1.84. The minimum atomic E-state index is -1.03. The number of carbonyl (C=O) groups excluding carboxylic acids is 2. The van der Waals surface area contributed by atoms with E-state index in [0.29, 0.717) is 22.2 Å². The maximum absolute atomic E-state index is 13.0. The highest BCUT2D eigenvalue weighted by Gasteiger charge is 2.34. The number of carboxylic acids is 1. The van der Waals surface area contributed by atoms with E-state index < -0.39 is 11.9 Å². The molecule has 0 aliphatic heterocycles. The molecule has 0 saturated carbocycles. The average Bonchev–Trinajstić information content (AvgIpc) is 3.30. The maximum Gasteiger partial charge on any atom is 0.303 e. The third-order valence-electron chi connectivity index (χ3n) is 5.54. The summed E-state index contributed by atoms with van der Waals surface area (Å²) in [7, 11) is 0. The first-order valence-electron chi connectivity index (χ1n) is 10.1. The van der Waals surface area contributed by atoms with Crippen molar-refractivity contribution in [3.05, 3.63) is 40.2 Å². The Morgan fingerprint density at radius 2 is 2.03 bits per heavy atom. The van der Waals surface area contributed by atoms with Crippen LogP contribution >= 0.6 is 11.3 Å². The molecule has 1 aliphatic rings. The standard InChI is InChI=1S/C22H28N2O5S/c1-22(2,3)13-6-7-15-16(11-13)30-21(24-17(25)8-9-18(26)27)19(15)20(28)23-12-14-5-4-10-29-14/h4-5,10,13H,6-9,11-12H2,1-3H3,(H,23,28)(H,24,25)(H,26,27)/t13-/m0/s1. The summed E-state index contributed by atoms with van der Waals surface area (Å²) in [4.78, 5) is 37.2. The Hall–Kier alpha value is -2.61. The number of carboxylic acid groups (broad SMARTS) is 1. The highest BCUT2D eigenvalue weighted by atomic mass is 32.1. The van der Waals surface area contributed by atoms with Crippen molar-refractivity contribution in [2.75, 3.05) is 5.32 Å². The predicted octanol–water partition coefficient (Wildman–Crippen LogP) is 4.23. The van der Waals surface area contributed by atoms with Gasteiger partial charge in [0, 0.05) is 11.3 Å². The molecule has 3 rings (SSSR count). The van der Waals surface area contributed by atoms with Crippen molar-refractivity contribution < 1.29 is 23.9 Å². The molecule has 0 unspecified atom stereocenters. The van der Waals surface area contributed by atoms with Crippen LogP contribution in [0.4, 0.5) is 5.00 Å². The molecule has 2 aromatic rings. The third kappa shape index (κ3) is 5.30. The first-order chi connectivity index (χ1) is 14.1. The SMILES string of the molecule is CC(C)(C)[C@H]1CCc2c(sc(NC(=O)CCC(=O)O)c2C(=O)NCc2ccco2)C1. The molecular formula is C22H28N2O5S. The van der Waals surface area contributed by atoms with Crippen molar-refractivity contribution in [3.8, 4) is 0 Å². The zero-order valence-electron chi connectivity index (χ0n) is 17.5. The van der Waals surface area contributed by atoms with E-state index in [1.54, 1.807) is 18.4 Å². The summed E-state index contributed by atoms with van der Waals surface area (Å²) >= 11 is 1.43. The van der Waals surface area contributed by atoms with Crippen LogP contribution in [-0.4, -0.2) is 22.9 Å². The summed E-state index contributed by atoms with van der Waals surface area (Å²) in [5.41, 5.74) is 1.65. The van der Waals surface area contributed by atoms with Gasteiger partial charge in [0.2, 0.25) is 5.91 Å². The molecule has 3 N–H and O–H groups in total. The Kier molecular flexibility index (Phi) is 6.65. The number of furan rings is 1. The van der Waals surface area contributed by atoms with E-state index in [4.69, 9.17) is 9.52 Å². The van der Waals surface area contributed by atoms with Gasteiger partial charge in [0.25, 0.3) is 5.91 Å². The lowest BCUT2D eigenvalue weighted by atomic mass is 9.72. The monoisotopic (exact) mass is 432 g/mol. The Bertz CT molecular complexity index is 924. The van der Waals surface area contributed by atoms with Crippen molar-refractivity contribution in [2.24, 2.45) is 11.3 Å². The van der Waals surface area contributed by atoms with Gasteiger partial charge >= 0.3 is 5.97 Å². The van der Waals surface area contributed by atoms with E-state index in [9.17, 15) is 14.4 Å². The number of aliphatic carboxylic acids is 1. The number of fused-ring (bicyclic) bond motifs is 1. The highest BCUT2D eigenvalue weighted by Crippen LogP contribution is 2.44. The second-order valence-electron chi connectivity index (χ2n) is 8.72. The fourth-order valence-electron chi connectivity index (χ4n) is 3.73. The van der Waals surface area contributed by atoms with Gasteiger partial charge in [-0.2, -0.15) is 0 Å². The van der Waals surface area contributed by atoms with Gasteiger partial charge in [0.05, 0.1) is 24.8 Å². The van der Waals surface area contributed by atoms with E-state index >= 15 is 0 Å². The van der Waals surface area contributed by atoms with Gasteiger partial charge in [-0.3, -0.25) is 14.4 Å². The number of nitrogens with one attached hydrogen (secondary N) is 2. The van der Waals surface area contributed by atoms with Gasteiger partial charge in [-0.25, -0.2) is 0 Å². The summed E-state index contributed by atoms with van der Waals surface area (Å²) in [6.45, 7) is 6.93. The van der Waals surface area contributed by atoms with E-state index in [1.165, 1.54) is 11.3 Å². The number of rotatable bonds is 7. The van der Waals surface area contributed by atoms with Crippen LogP contribution < -0.4 is 10.6 Å². The molecule has 0 spiro atoms. The number of carbonyl (C=O) groups is 3. The summed E-state index contributed by atoms with van der Waals surface area (Å²) in [5, 5.41) is 15.0. The van der Waals surface area contributed by atoms with Crippen LogP contribution in [0.15, 0.2) is 22.8 Å². The fourth-order valence-corrected chi connectivity index (χ4v) is 5.07. The second-order valence-corrected chi connectivity index (χ2v) is 9.82. The van der Waals surface area contributed by atoms with Crippen LogP contribution in [0.1, 0.15) is 66.6 Å². The zero-order valence-corrected chi connectivity index (χ0v) is 18.4. The minimum Gasteiger partial charge on any atom is -0.481 e. The number of hydrogen-bond acceptors (Lipinski definition) is 5. The Morgan fingerprint density at radius 3 is 2.67 bits per heavy atom. The van der Waals surface area contributed by atoms with E-state index in [1.807, 2.05) is 0 Å². The predicted molar refractivity (Wildman–Crippen MR) is 115 cm³/mol. The molecule has 0 radical (unpaired) electrons. The van der Waals surface area contributed by atoms with Gasteiger partial charge < -0.3 is 20.2 Å². The van der Waals surface area contributed by atoms with E-state index in [0.717, 1.165) is 29.7 Å². The van der Waals surface area contributed by atoms with Crippen LogP contribution in [-0.2, 0) is 29.0 Å². The molecule has 0 fully saturated rings. The minimum absolute atomic E-state index is 0.129. The van der Waals surface area contributed by atoms with Crippen molar-refractivity contribution >= 4 is 34.1 Å². The van der Waals surface area contributed by atoms with Gasteiger partial charge in [-0.1, -0.05) is 20.8 Å². The summed E-state index contributed by atoms with van der Waals surface area (Å²) in [6.07, 6.45) is 3.81. The number of amides is 2. The molecule has 7 nitrogen and oxygen atoms in total. The molecule has 0 saturated heterocycles. The van der Waals surface area contributed by atoms with Crippen LogP contribution in [0.3, 0.4) is 0 Å². The lowest BCUT2D eigenvalue weighted by Crippen LogP contribution is -2.28. The maximum atomic E-state index is 13.0. The van der Waals surface area contributed by atoms with Crippen molar-refractivity contribution in [1.29, 1.82) is 0 Å². The average molecular weight is 433 g/mol. The number of hydrogen-bond donors (Lipinski definition) is 3. The first-order valence-corrected chi connectivity index (χ1v) is 10.9. The normalized spacial score (nSPS) is 16.0. The molecule has 2 heterocycles. The van der Waals surface area contributed by atoms with Crippen LogP contribution in [0.2, 0.25) is 0 Å². The topological polar surface area (TPSA) is 109 Å². The van der Waals surface area contributed by atoms with E-state index in [-0.39, 0.29) is 30.7 Å². The van der Waals surface area contributed by atoms with Crippen LogP contribution in [0, 0.1) is 11.3 Å². The largest absolute Gasteiger partial charge is 0.481 e. The van der Waals surface area contributed by atoms with Gasteiger partial charge in [0.1, 0.15) is 10.8 Å². The Labute approximate surface area is 179 Å². The third-order valence-corrected chi connectivity index (χ3v) is 6.71. The molecule has 30 heavy (non-hydrogen) atoms. The van der Waals surface area contributed by atoms with Crippen LogP contribution in [0.5, 0.6) is 0 Å². The van der Waals surface area contributed by atoms with Crippen LogP contribution in [0.25, 0.3) is 0 Å². The molecule has 1 aliphatic carbocycles. The van der Waals surface area contributed by atoms with Gasteiger partial charge in [0.15, 0.2) is 0 Å². The summed E-state index contributed by atoms with van der Waals surface area (Å²) in [6, 6.07) is 3.54. The molecule has 1 atom stereocenters. The quantitative estimate of drug-likeness (QED) is 0.607. The highest BCUT2D eigenvalue weighted by molar-refractivity contribution is 7.17. The smallest absolute Gasteiger partial charge is 0.303 e. The van der Waals surface area contributed by atoms with Gasteiger partial charge in [-0.15, -0.1) is 11.3 Å². The number of anilines is 1. The zero-order chi connectivity index (χ0) is 21.9. The lowest BCUT2D eigenvalue weighted by Gasteiger charge is -2.33. The first kappa shape index (κ1) is 22.1. The molecule has 0 aromatic carbocycles. The van der Waals surface area contributed by atoms with Gasteiger partial charge in [-0.05, 0) is 48.3 Å². The Morgan fingerprint density at radius 1 is 1.27 bits per heavy atom. The molecule has 0 bridgehead atoms. The number of thiophene rings is 1. The lowest BCUT2D eigenvalue weighted by molar-refractivity contribution is -0.138. The van der Waals surface area contributed by atoms with E-state index in [2.05, 4.69) is 31.4 Å². The summed E-state index contributed by atoms with van der Waals surface area (Å²) in [5.74, 6) is -0.541. The molecular weight excluding hydrogens is 404 g/mol. The molecule has 8 heteroatoms. The van der Waals surface area contributed by atoms with Crippen molar-refractivity contribution in [3.63, 3.8) is 0 Å².